The van der Waals surface area contributed by atoms with Gasteiger partial charge in [0.1, 0.15) is 11.6 Å². The number of aliphatic hydroxyl groups excluding tert-OH is 1. The van der Waals surface area contributed by atoms with Crippen molar-refractivity contribution in [2.75, 3.05) is 6.61 Å². The van der Waals surface area contributed by atoms with Crippen LogP contribution in [0.3, 0.4) is 0 Å². The molecule has 3 heteroatoms. The molecule has 14 heavy (non-hydrogen) atoms. The molecule has 0 aliphatic rings. The average molecular weight is 204 g/mol. The third-order valence-electron chi connectivity index (χ3n) is 0.696. The average Bonchev–Trinajstić information content (AvgIpc) is 1.82. The van der Waals surface area contributed by atoms with E-state index in [-0.39, 0.29) is 18.2 Å². The zero-order valence-electron chi connectivity index (χ0n) is 10.3. The highest BCUT2D eigenvalue weighted by molar-refractivity contribution is 5.75. The van der Waals surface area contributed by atoms with Crippen molar-refractivity contribution in [1.29, 1.82) is 0 Å². The van der Waals surface area contributed by atoms with Crippen molar-refractivity contribution in [3.8, 4) is 0 Å². The maximum atomic E-state index is 10.3. The number of hydrogen-bond donors (Lipinski definition) is 1. The Balaban J connectivity index is -0.000000147. The lowest BCUT2D eigenvalue weighted by atomic mass is 10.1. The van der Waals surface area contributed by atoms with E-state index in [4.69, 9.17) is 5.11 Å². The van der Waals surface area contributed by atoms with Gasteiger partial charge in [0.2, 0.25) is 0 Å². The lowest BCUT2D eigenvalue weighted by molar-refractivity contribution is -0.117. The SMILES string of the molecule is CC(=O)CC(C)C.CC(C)=O.CCO. The Kier molecular flexibility index (Phi) is 20.1. The van der Waals surface area contributed by atoms with Gasteiger partial charge in [0.15, 0.2) is 0 Å². The van der Waals surface area contributed by atoms with Gasteiger partial charge in [-0.1, -0.05) is 13.8 Å². The van der Waals surface area contributed by atoms with Crippen molar-refractivity contribution in [3.05, 3.63) is 0 Å². The first-order valence-electron chi connectivity index (χ1n) is 4.85. The number of carbonyl (C=O) groups excluding carboxylic acids is 2. The molecule has 0 aliphatic heterocycles. The molecule has 0 atom stereocenters. The van der Waals surface area contributed by atoms with E-state index in [0.717, 1.165) is 6.42 Å². The standard InChI is InChI=1S/C6H12O.C3H6O.C2H6O/c1-5(2)4-6(3)7;1-3(2)4;1-2-3/h5H,4H2,1-3H3;1-2H3;3H,2H2,1H3. The molecule has 0 aromatic heterocycles. The summed E-state index contributed by atoms with van der Waals surface area (Å²) in [4.78, 5) is 19.7. The number of carbonyl (C=O) groups is 2. The Bertz CT molecular complexity index is 135. The molecule has 0 saturated carbocycles. The van der Waals surface area contributed by atoms with Gasteiger partial charge in [0, 0.05) is 13.0 Å². The molecule has 1 N–H and O–H groups in total. The molecule has 86 valence electrons. The van der Waals surface area contributed by atoms with E-state index >= 15 is 0 Å². The molecule has 0 unspecified atom stereocenters. The fourth-order valence-corrected chi connectivity index (χ4v) is 0.575. The van der Waals surface area contributed by atoms with Crippen LogP contribution in [0.25, 0.3) is 0 Å². The Morgan fingerprint density at radius 3 is 1.36 bits per heavy atom. The van der Waals surface area contributed by atoms with Crippen LogP contribution in [0.2, 0.25) is 0 Å². The minimum absolute atomic E-state index is 0.167. The van der Waals surface area contributed by atoms with Crippen LogP contribution >= 0.6 is 0 Å². The van der Waals surface area contributed by atoms with Gasteiger partial charge in [0.25, 0.3) is 0 Å². The fraction of sp³-hybridized carbons (Fsp3) is 0.818. The van der Waals surface area contributed by atoms with E-state index in [0.29, 0.717) is 5.92 Å². The van der Waals surface area contributed by atoms with E-state index in [2.05, 4.69) is 0 Å². The first kappa shape index (κ1) is 19.0. The number of Topliss-reactive ketones (excluding diaryl/α,β-unsaturated/α-hetero) is 2. The molecule has 0 rings (SSSR count). The molecule has 0 heterocycles. The van der Waals surface area contributed by atoms with Crippen LogP contribution in [-0.2, 0) is 9.59 Å². The minimum Gasteiger partial charge on any atom is -0.397 e. The van der Waals surface area contributed by atoms with Gasteiger partial charge >= 0.3 is 0 Å². The van der Waals surface area contributed by atoms with E-state index in [1.807, 2.05) is 13.8 Å². The van der Waals surface area contributed by atoms with Crippen molar-refractivity contribution < 1.29 is 14.7 Å². The summed E-state index contributed by atoms with van der Waals surface area (Å²) in [5, 5.41) is 7.57. The minimum atomic E-state index is 0.167. The molecule has 3 nitrogen and oxygen atoms in total. The molecule has 0 fully saturated rings. The van der Waals surface area contributed by atoms with Gasteiger partial charge in [-0.05, 0) is 33.6 Å². The summed E-state index contributed by atoms with van der Waals surface area (Å²) < 4.78 is 0. The second-order valence-corrected chi connectivity index (χ2v) is 3.52. The Labute approximate surface area is 87.5 Å². The second-order valence-electron chi connectivity index (χ2n) is 3.52. The quantitative estimate of drug-likeness (QED) is 0.750. The maximum Gasteiger partial charge on any atom is 0.130 e. The molecule has 0 bridgehead atoms. The lowest BCUT2D eigenvalue weighted by Crippen LogP contribution is -1.95. The summed E-state index contributed by atoms with van der Waals surface area (Å²) in [5.41, 5.74) is 0. The van der Waals surface area contributed by atoms with Crippen LogP contribution in [0.15, 0.2) is 0 Å². The van der Waals surface area contributed by atoms with Gasteiger partial charge in [-0.25, -0.2) is 0 Å². The molecule has 0 amide bonds. The molecule has 0 saturated heterocycles. The van der Waals surface area contributed by atoms with Crippen LogP contribution in [0, 0.1) is 5.92 Å². The monoisotopic (exact) mass is 204 g/mol. The largest absolute Gasteiger partial charge is 0.397 e. The smallest absolute Gasteiger partial charge is 0.130 e. The molecule has 0 radical (unpaired) electrons. The summed E-state index contributed by atoms with van der Waals surface area (Å²) in [6.45, 7) is 10.7. The number of aliphatic hydroxyl groups is 1. The maximum absolute atomic E-state index is 10.3. The van der Waals surface area contributed by atoms with Gasteiger partial charge < -0.3 is 14.7 Å². The van der Waals surface area contributed by atoms with Crippen molar-refractivity contribution in [2.45, 2.75) is 48.0 Å². The summed E-state index contributed by atoms with van der Waals surface area (Å²) in [5.74, 6) is 0.979. The molecule has 0 spiro atoms. The molecule has 0 aromatic carbocycles. The highest BCUT2D eigenvalue weighted by Crippen LogP contribution is 1.97. The fourth-order valence-electron chi connectivity index (χ4n) is 0.575. The summed E-state index contributed by atoms with van der Waals surface area (Å²) in [7, 11) is 0. The third-order valence-corrected chi connectivity index (χ3v) is 0.696. The van der Waals surface area contributed by atoms with E-state index in [9.17, 15) is 9.59 Å². The molecular weight excluding hydrogens is 180 g/mol. The third kappa shape index (κ3) is 110. The van der Waals surface area contributed by atoms with Crippen LogP contribution in [0.4, 0.5) is 0 Å². The van der Waals surface area contributed by atoms with Crippen LogP contribution in [0.5, 0.6) is 0 Å². The highest BCUT2D eigenvalue weighted by atomic mass is 16.2. The summed E-state index contributed by atoms with van der Waals surface area (Å²) >= 11 is 0. The van der Waals surface area contributed by atoms with Crippen molar-refractivity contribution in [3.63, 3.8) is 0 Å². The predicted octanol–water partition coefficient (Wildman–Crippen LogP) is 2.22. The number of ketones is 2. The van der Waals surface area contributed by atoms with Crippen molar-refractivity contribution in [1.82, 2.24) is 0 Å². The molecular formula is C11H24O3. The normalized spacial score (nSPS) is 8.00. The summed E-state index contributed by atoms with van der Waals surface area (Å²) in [6.07, 6.45) is 0.722. The first-order valence-corrected chi connectivity index (χ1v) is 4.85. The van der Waals surface area contributed by atoms with Gasteiger partial charge in [-0.15, -0.1) is 0 Å². The van der Waals surface area contributed by atoms with Gasteiger partial charge in [-0.3, -0.25) is 0 Å². The summed E-state index contributed by atoms with van der Waals surface area (Å²) in [6, 6.07) is 0. The Morgan fingerprint density at radius 2 is 1.36 bits per heavy atom. The zero-order valence-corrected chi connectivity index (χ0v) is 10.3. The molecule has 0 aliphatic carbocycles. The lowest BCUT2D eigenvalue weighted by Gasteiger charge is -1.95. The van der Waals surface area contributed by atoms with E-state index in [1.165, 1.54) is 13.8 Å². The second kappa shape index (κ2) is 14.8. The van der Waals surface area contributed by atoms with Crippen LogP contribution in [0.1, 0.15) is 48.0 Å². The number of rotatable bonds is 2. The molecule has 0 aromatic rings. The van der Waals surface area contributed by atoms with Crippen LogP contribution in [-0.4, -0.2) is 23.3 Å². The van der Waals surface area contributed by atoms with E-state index < -0.39 is 0 Å². The van der Waals surface area contributed by atoms with Crippen molar-refractivity contribution in [2.24, 2.45) is 5.92 Å². The zero-order chi connectivity index (χ0) is 12.1. The number of hydrogen-bond acceptors (Lipinski definition) is 3. The highest BCUT2D eigenvalue weighted by Gasteiger charge is 1.95. The van der Waals surface area contributed by atoms with E-state index in [1.54, 1.807) is 13.8 Å². The topological polar surface area (TPSA) is 54.4 Å². The van der Waals surface area contributed by atoms with Crippen molar-refractivity contribution >= 4 is 11.6 Å². The van der Waals surface area contributed by atoms with Crippen LogP contribution < -0.4 is 0 Å². The Hall–Kier alpha value is -0.700. The van der Waals surface area contributed by atoms with Gasteiger partial charge in [-0.2, -0.15) is 0 Å². The first-order chi connectivity index (χ1) is 6.27. The Morgan fingerprint density at radius 1 is 1.14 bits per heavy atom. The van der Waals surface area contributed by atoms with Gasteiger partial charge in [0.05, 0.1) is 0 Å². The predicted molar refractivity (Wildman–Crippen MR) is 59.3 cm³/mol.